The molecule has 30 heavy (non-hydrogen) atoms. The molecule has 2 aliphatic rings. The summed E-state index contributed by atoms with van der Waals surface area (Å²) in [5.74, 6) is 0.0806. The number of para-hydroxylation sites is 1. The first kappa shape index (κ1) is 18.7. The number of ether oxygens (including phenoxy) is 2. The van der Waals surface area contributed by atoms with Crippen LogP contribution in [0.4, 0.5) is 10.1 Å². The van der Waals surface area contributed by atoms with Crippen LogP contribution in [0.15, 0.2) is 48.7 Å². The maximum absolute atomic E-state index is 14.1. The van der Waals surface area contributed by atoms with Crippen molar-refractivity contribution < 1.29 is 18.7 Å². The highest BCUT2D eigenvalue weighted by molar-refractivity contribution is 6.05. The molecule has 1 fully saturated rings. The minimum atomic E-state index is -0.555. The van der Waals surface area contributed by atoms with Crippen molar-refractivity contribution in [2.24, 2.45) is 0 Å². The van der Waals surface area contributed by atoms with Gasteiger partial charge in [-0.3, -0.25) is 4.79 Å². The smallest absolute Gasteiger partial charge is 0.259 e. The van der Waals surface area contributed by atoms with Gasteiger partial charge in [0.05, 0.1) is 17.5 Å². The van der Waals surface area contributed by atoms with E-state index in [1.807, 2.05) is 6.07 Å². The summed E-state index contributed by atoms with van der Waals surface area (Å²) in [5, 5.41) is 7.07. The van der Waals surface area contributed by atoms with E-state index >= 15 is 0 Å². The molecule has 7 heteroatoms. The fourth-order valence-corrected chi connectivity index (χ4v) is 4.16. The number of rotatable bonds is 3. The summed E-state index contributed by atoms with van der Waals surface area (Å²) in [7, 11) is 0. The average Bonchev–Trinajstić information content (AvgIpc) is 3.28. The van der Waals surface area contributed by atoms with Crippen molar-refractivity contribution in [3.05, 3.63) is 65.7 Å². The van der Waals surface area contributed by atoms with E-state index in [1.165, 1.54) is 23.4 Å². The van der Waals surface area contributed by atoms with Crippen LogP contribution in [-0.4, -0.2) is 21.5 Å². The van der Waals surface area contributed by atoms with Crippen molar-refractivity contribution in [2.45, 2.75) is 44.8 Å². The normalized spacial score (nSPS) is 16.6. The third kappa shape index (κ3) is 3.20. The molecule has 0 atom stereocenters. The van der Waals surface area contributed by atoms with Crippen molar-refractivity contribution in [3.8, 4) is 17.2 Å². The van der Waals surface area contributed by atoms with Crippen LogP contribution in [0.3, 0.4) is 0 Å². The van der Waals surface area contributed by atoms with Crippen LogP contribution in [0.1, 0.15) is 48.2 Å². The molecule has 154 valence electrons. The minimum absolute atomic E-state index is 0.301. The Labute approximate surface area is 173 Å². The zero-order chi connectivity index (χ0) is 20.7. The fraction of sp³-hybridized carbons (Fsp3) is 0.304. The van der Waals surface area contributed by atoms with E-state index in [2.05, 4.69) is 10.4 Å². The van der Waals surface area contributed by atoms with Crippen molar-refractivity contribution >= 4 is 11.6 Å². The third-order valence-electron chi connectivity index (χ3n) is 5.74. The van der Waals surface area contributed by atoms with Gasteiger partial charge < -0.3 is 14.8 Å². The van der Waals surface area contributed by atoms with Gasteiger partial charge in [-0.05, 0) is 44.0 Å². The van der Waals surface area contributed by atoms with Gasteiger partial charge in [0, 0.05) is 24.6 Å². The van der Waals surface area contributed by atoms with Crippen LogP contribution in [-0.2, 0) is 0 Å². The van der Waals surface area contributed by atoms with Gasteiger partial charge in [-0.1, -0.05) is 18.6 Å². The van der Waals surface area contributed by atoms with E-state index in [0.717, 1.165) is 25.7 Å². The number of hydrogen-bond donors (Lipinski definition) is 1. The summed E-state index contributed by atoms with van der Waals surface area (Å²) in [6.45, 7) is 1.74. The van der Waals surface area contributed by atoms with E-state index in [4.69, 9.17) is 9.47 Å². The first-order valence-electron chi connectivity index (χ1n) is 10.2. The number of fused-ring (bicyclic) bond motifs is 1. The Kier molecular flexibility index (Phi) is 4.46. The van der Waals surface area contributed by atoms with E-state index in [0.29, 0.717) is 34.1 Å². The number of nitrogens with zero attached hydrogens (tertiary/aromatic N) is 2. The van der Waals surface area contributed by atoms with Gasteiger partial charge in [-0.15, -0.1) is 0 Å². The molecule has 5 rings (SSSR count). The summed E-state index contributed by atoms with van der Waals surface area (Å²) in [5.41, 5.74) is 1.84. The minimum Gasteiger partial charge on any atom is -0.448 e. The van der Waals surface area contributed by atoms with Gasteiger partial charge in [0.1, 0.15) is 11.5 Å². The van der Waals surface area contributed by atoms with E-state index in [-0.39, 0.29) is 5.91 Å². The maximum atomic E-state index is 14.1. The number of hydrogen-bond acceptors (Lipinski definition) is 4. The molecule has 1 spiro atoms. The van der Waals surface area contributed by atoms with Crippen LogP contribution in [0.25, 0.3) is 5.69 Å². The zero-order valence-corrected chi connectivity index (χ0v) is 16.7. The first-order valence-corrected chi connectivity index (χ1v) is 10.2. The predicted molar refractivity (Wildman–Crippen MR) is 110 cm³/mol. The summed E-state index contributed by atoms with van der Waals surface area (Å²) in [6, 6.07) is 11.7. The second-order valence-corrected chi connectivity index (χ2v) is 7.80. The number of halogens is 1. The standard InChI is InChI=1S/C23H22FN3O3/c1-15-17(14-25-27(15)19-8-4-3-7-18(19)24)22(28)26-16-9-10-20-21(13-16)30-23(29-20)11-5-2-6-12-23/h3-4,7-10,13-14H,2,5-6,11-12H2,1H3,(H,26,28). The molecule has 1 aliphatic heterocycles. The second kappa shape index (κ2) is 7.16. The lowest BCUT2D eigenvalue weighted by Crippen LogP contribution is -2.40. The van der Waals surface area contributed by atoms with Crippen molar-refractivity contribution in [2.75, 3.05) is 5.32 Å². The maximum Gasteiger partial charge on any atom is 0.259 e. The molecule has 0 radical (unpaired) electrons. The molecule has 1 saturated carbocycles. The Balaban J connectivity index is 1.35. The summed E-state index contributed by atoms with van der Waals surface area (Å²) in [6.07, 6.45) is 6.56. The lowest BCUT2D eigenvalue weighted by Gasteiger charge is -2.31. The molecule has 6 nitrogen and oxygen atoms in total. The molecule has 2 aromatic carbocycles. The Morgan fingerprint density at radius 3 is 2.67 bits per heavy atom. The fourth-order valence-electron chi connectivity index (χ4n) is 4.16. The third-order valence-corrected chi connectivity index (χ3v) is 5.74. The SMILES string of the molecule is Cc1c(C(=O)Nc2ccc3c(c2)OC2(CCCCC2)O3)cnn1-c1ccccc1F. The summed E-state index contributed by atoms with van der Waals surface area (Å²) in [4.78, 5) is 12.8. The highest BCUT2D eigenvalue weighted by Gasteiger charge is 2.42. The lowest BCUT2D eigenvalue weighted by molar-refractivity contribution is -0.105. The Morgan fingerprint density at radius 2 is 1.87 bits per heavy atom. The molecular weight excluding hydrogens is 385 g/mol. The predicted octanol–water partition coefficient (Wildman–Crippen LogP) is 5.00. The number of carbonyl (C=O) groups excluding carboxylic acids is 1. The van der Waals surface area contributed by atoms with E-state index in [9.17, 15) is 9.18 Å². The lowest BCUT2D eigenvalue weighted by atomic mass is 9.94. The van der Waals surface area contributed by atoms with Crippen LogP contribution >= 0.6 is 0 Å². The number of benzene rings is 2. The van der Waals surface area contributed by atoms with Crippen molar-refractivity contribution in [1.82, 2.24) is 9.78 Å². The Morgan fingerprint density at radius 1 is 1.10 bits per heavy atom. The monoisotopic (exact) mass is 407 g/mol. The van der Waals surface area contributed by atoms with Gasteiger partial charge in [0.25, 0.3) is 11.7 Å². The number of aromatic nitrogens is 2. The molecule has 1 aliphatic carbocycles. The van der Waals surface area contributed by atoms with Gasteiger partial charge >= 0.3 is 0 Å². The molecule has 2 heterocycles. The van der Waals surface area contributed by atoms with Gasteiger partial charge in [-0.25, -0.2) is 9.07 Å². The molecule has 0 unspecified atom stereocenters. The van der Waals surface area contributed by atoms with E-state index in [1.54, 1.807) is 37.3 Å². The molecule has 1 aromatic heterocycles. The van der Waals surface area contributed by atoms with Crippen LogP contribution in [0.2, 0.25) is 0 Å². The van der Waals surface area contributed by atoms with Crippen LogP contribution < -0.4 is 14.8 Å². The van der Waals surface area contributed by atoms with Gasteiger partial charge in [0.2, 0.25) is 0 Å². The van der Waals surface area contributed by atoms with Crippen LogP contribution in [0, 0.1) is 12.7 Å². The first-order chi connectivity index (χ1) is 14.5. The number of carbonyl (C=O) groups is 1. The molecule has 0 saturated heterocycles. The number of amides is 1. The molecule has 0 bridgehead atoms. The molecule has 1 amide bonds. The summed E-state index contributed by atoms with van der Waals surface area (Å²) < 4.78 is 27.7. The average molecular weight is 407 g/mol. The number of anilines is 1. The molecule has 3 aromatic rings. The second-order valence-electron chi connectivity index (χ2n) is 7.80. The molecule has 1 N–H and O–H groups in total. The van der Waals surface area contributed by atoms with Crippen molar-refractivity contribution in [1.29, 1.82) is 0 Å². The van der Waals surface area contributed by atoms with E-state index < -0.39 is 11.6 Å². The summed E-state index contributed by atoms with van der Waals surface area (Å²) >= 11 is 0. The van der Waals surface area contributed by atoms with Gasteiger partial charge in [0.15, 0.2) is 11.5 Å². The zero-order valence-electron chi connectivity index (χ0n) is 16.7. The van der Waals surface area contributed by atoms with Gasteiger partial charge in [-0.2, -0.15) is 5.10 Å². The van der Waals surface area contributed by atoms with Crippen molar-refractivity contribution in [3.63, 3.8) is 0 Å². The quantitative estimate of drug-likeness (QED) is 0.663. The largest absolute Gasteiger partial charge is 0.448 e. The Bertz CT molecular complexity index is 1120. The number of nitrogens with one attached hydrogen (secondary N) is 1. The topological polar surface area (TPSA) is 65.4 Å². The van der Waals surface area contributed by atoms with Crippen LogP contribution in [0.5, 0.6) is 11.5 Å². The Hall–Kier alpha value is -3.35. The molecular formula is C23H22FN3O3. The highest BCUT2D eigenvalue weighted by atomic mass is 19.1. The highest BCUT2D eigenvalue weighted by Crippen LogP contribution is 2.46.